The summed E-state index contributed by atoms with van der Waals surface area (Å²) in [7, 11) is 3.23. The molecule has 0 fully saturated rings. The van der Waals surface area contributed by atoms with Crippen LogP contribution >= 0.6 is 11.6 Å². The Labute approximate surface area is 131 Å². The van der Waals surface area contributed by atoms with Crippen molar-refractivity contribution in [1.82, 2.24) is 19.9 Å². The molecule has 0 saturated carbocycles. The molecule has 0 aliphatic heterocycles. The maximum atomic E-state index is 5.91. The van der Waals surface area contributed by atoms with Crippen LogP contribution in [0.5, 0.6) is 11.5 Å². The highest BCUT2D eigenvalue weighted by atomic mass is 35.5. The number of fused-ring (bicyclic) bond motifs is 1. The van der Waals surface area contributed by atoms with E-state index in [9.17, 15) is 0 Å². The number of ether oxygens (including phenoxy) is 2. The molecule has 1 aromatic carbocycles. The van der Waals surface area contributed by atoms with Gasteiger partial charge in [0.1, 0.15) is 17.0 Å². The molecule has 0 radical (unpaired) electrons. The van der Waals surface area contributed by atoms with Crippen LogP contribution in [0.2, 0.25) is 5.28 Å². The van der Waals surface area contributed by atoms with E-state index in [-0.39, 0.29) is 5.28 Å². The Hall–Kier alpha value is -2.54. The van der Waals surface area contributed by atoms with Crippen molar-refractivity contribution in [1.29, 1.82) is 0 Å². The van der Waals surface area contributed by atoms with Crippen molar-refractivity contribution in [2.75, 3.05) is 19.5 Å². The zero-order valence-electron chi connectivity index (χ0n) is 12.1. The van der Waals surface area contributed by atoms with Gasteiger partial charge in [0.15, 0.2) is 11.5 Å². The van der Waals surface area contributed by atoms with Crippen LogP contribution in [0.15, 0.2) is 24.5 Å². The largest absolute Gasteiger partial charge is 0.497 e. The molecular formula is C14H14ClN5O2. The van der Waals surface area contributed by atoms with E-state index < -0.39 is 0 Å². The van der Waals surface area contributed by atoms with Crippen LogP contribution in [0, 0.1) is 0 Å². The number of aromatic nitrogens is 4. The number of aromatic amines is 1. The normalized spacial score (nSPS) is 10.7. The fourth-order valence-electron chi connectivity index (χ4n) is 2.09. The quantitative estimate of drug-likeness (QED) is 0.703. The first-order valence-corrected chi connectivity index (χ1v) is 6.90. The second-order valence-corrected chi connectivity index (χ2v) is 4.85. The topological polar surface area (TPSA) is 85.0 Å². The Morgan fingerprint density at radius 1 is 1.14 bits per heavy atom. The van der Waals surface area contributed by atoms with Crippen LogP contribution in [-0.2, 0) is 6.54 Å². The smallest absolute Gasteiger partial charge is 0.226 e. The number of nitrogens with one attached hydrogen (secondary N) is 2. The second-order valence-electron chi connectivity index (χ2n) is 4.52. The first kappa shape index (κ1) is 14.4. The molecule has 0 amide bonds. The molecule has 0 aliphatic rings. The number of nitrogens with zero attached hydrogens (tertiary/aromatic N) is 3. The summed E-state index contributed by atoms with van der Waals surface area (Å²) in [5.74, 6) is 2.02. The van der Waals surface area contributed by atoms with Crippen LogP contribution < -0.4 is 14.8 Å². The molecule has 2 N–H and O–H groups in total. The summed E-state index contributed by atoms with van der Waals surface area (Å²) in [6.07, 6.45) is 1.55. The number of anilines is 1. The minimum absolute atomic E-state index is 0.155. The van der Waals surface area contributed by atoms with E-state index >= 15 is 0 Å². The predicted octanol–water partition coefficient (Wildman–Crippen LogP) is 2.64. The minimum Gasteiger partial charge on any atom is -0.497 e. The Bertz CT molecular complexity index is 783. The fourth-order valence-corrected chi connectivity index (χ4v) is 2.25. The number of benzene rings is 1. The maximum absolute atomic E-state index is 5.91. The molecule has 0 bridgehead atoms. The van der Waals surface area contributed by atoms with Crippen LogP contribution in [0.25, 0.3) is 11.2 Å². The molecule has 2 heterocycles. The third-order valence-corrected chi connectivity index (χ3v) is 3.29. The van der Waals surface area contributed by atoms with Crippen molar-refractivity contribution in [2.24, 2.45) is 0 Å². The SMILES string of the molecule is COc1cc(CNc2nc(Cl)nc3[nH]cnc23)cc(OC)c1. The van der Waals surface area contributed by atoms with Gasteiger partial charge in [0.05, 0.1) is 20.5 Å². The standard InChI is InChI=1S/C14H14ClN5O2/c1-21-9-3-8(4-10(5-9)22-2)6-16-12-11-13(18-7-17-11)20-14(15)19-12/h3-5,7H,6H2,1-2H3,(H2,16,17,18,19,20). The summed E-state index contributed by atoms with van der Waals surface area (Å²) in [6, 6.07) is 5.65. The van der Waals surface area contributed by atoms with Gasteiger partial charge < -0.3 is 19.8 Å². The van der Waals surface area contributed by atoms with Gasteiger partial charge in [-0.15, -0.1) is 0 Å². The number of H-pyrrole nitrogens is 1. The minimum atomic E-state index is 0.155. The van der Waals surface area contributed by atoms with Gasteiger partial charge in [0.25, 0.3) is 0 Å². The van der Waals surface area contributed by atoms with Gasteiger partial charge in [0.2, 0.25) is 5.28 Å². The first-order chi connectivity index (χ1) is 10.7. The third kappa shape index (κ3) is 2.89. The van der Waals surface area contributed by atoms with E-state index in [1.54, 1.807) is 20.5 Å². The van der Waals surface area contributed by atoms with Gasteiger partial charge in [0, 0.05) is 12.6 Å². The van der Waals surface area contributed by atoms with E-state index in [0.717, 1.165) is 17.1 Å². The van der Waals surface area contributed by atoms with Gasteiger partial charge in [-0.3, -0.25) is 0 Å². The molecule has 0 spiro atoms. The van der Waals surface area contributed by atoms with Crippen molar-refractivity contribution < 1.29 is 9.47 Å². The van der Waals surface area contributed by atoms with Crippen molar-refractivity contribution in [3.8, 4) is 11.5 Å². The number of methoxy groups -OCH3 is 2. The maximum Gasteiger partial charge on any atom is 0.226 e. The summed E-state index contributed by atoms with van der Waals surface area (Å²) < 4.78 is 10.5. The van der Waals surface area contributed by atoms with Crippen LogP contribution in [0.1, 0.15) is 5.56 Å². The molecular weight excluding hydrogens is 306 g/mol. The van der Waals surface area contributed by atoms with Gasteiger partial charge in [-0.1, -0.05) is 0 Å². The predicted molar refractivity (Wildman–Crippen MR) is 83.6 cm³/mol. The monoisotopic (exact) mass is 319 g/mol. The van der Waals surface area contributed by atoms with Crippen molar-refractivity contribution in [3.63, 3.8) is 0 Å². The van der Waals surface area contributed by atoms with Crippen LogP contribution in [-0.4, -0.2) is 34.2 Å². The summed E-state index contributed by atoms with van der Waals surface area (Å²) in [4.78, 5) is 15.3. The van der Waals surface area contributed by atoms with Gasteiger partial charge in [-0.05, 0) is 29.3 Å². The van der Waals surface area contributed by atoms with Crippen LogP contribution in [0.4, 0.5) is 5.82 Å². The Morgan fingerprint density at radius 2 is 1.86 bits per heavy atom. The molecule has 7 nitrogen and oxygen atoms in total. The molecule has 0 unspecified atom stereocenters. The van der Waals surface area contributed by atoms with Crippen LogP contribution in [0.3, 0.4) is 0 Å². The average molecular weight is 320 g/mol. The zero-order valence-corrected chi connectivity index (χ0v) is 12.8. The lowest BCUT2D eigenvalue weighted by Gasteiger charge is -2.10. The molecule has 2 aromatic heterocycles. The molecule has 3 aromatic rings. The molecule has 0 saturated heterocycles. The highest BCUT2D eigenvalue weighted by Crippen LogP contribution is 2.24. The molecule has 0 atom stereocenters. The third-order valence-electron chi connectivity index (χ3n) is 3.12. The number of imidazole rings is 1. The number of hydrogen-bond donors (Lipinski definition) is 2. The molecule has 0 aliphatic carbocycles. The van der Waals surface area contributed by atoms with Crippen molar-refractivity contribution in [3.05, 3.63) is 35.4 Å². The molecule has 3 rings (SSSR count). The zero-order chi connectivity index (χ0) is 15.5. The summed E-state index contributed by atoms with van der Waals surface area (Å²) in [5, 5.41) is 3.36. The molecule has 8 heteroatoms. The lowest BCUT2D eigenvalue weighted by molar-refractivity contribution is 0.393. The van der Waals surface area contributed by atoms with E-state index in [0.29, 0.717) is 23.5 Å². The van der Waals surface area contributed by atoms with Crippen molar-refractivity contribution >= 4 is 28.6 Å². The Kier molecular flexibility index (Phi) is 3.97. The first-order valence-electron chi connectivity index (χ1n) is 6.52. The Morgan fingerprint density at radius 3 is 2.55 bits per heavy atom. The number of rotatable bonds is 5. The highest BCUT2D eigenvalue weighted by molar-refractivity contribution is 6.28. The van der Waals surface area contributed by atoms with E-state index in [1.807, 2.05) is 18.2 Å². The summed E-state index contributed by atoms with van der Waals surface area (Å²) >= 11 is 5.91. The molecule has 22 heavy (non-hydrogen) atoms. The molecule has 114 valence electrons. The Balaban J connectivity index is 1.86. The average Bonchev–Trinajstić information content (AvgIpc) is 3.00. The number of halogens is 1. The second kappa shape index (κ2) is 6.07. The fraction of sp³-hybridized carbons (Fsp3) is 0.214. The summed E-state index contributed by atoms with van der Waals surface area (Å²) in [5.41, 5.74) is 2.21. The van der Waals surface area contributed by atoms with Crippen molar-refractivity contribution in [2.45, 2.75) is 6.54 Å². The van der Waals surface area contributed by atoms with Gasteiger partial charge in [-0.2, -0.15) is 9.97 Å². The lowest BCUT2D eigenvalue weighted by Crippen LogP contribution is -2.04. The summed E-state index contributed by atoms with van der Waals surface area (Å²) in [6.45, 7) is 0.517. The number of hydrogen-bond acceptors (Lipinski definition) is 6. The highest BCUT2D eigenvalue weighted by Gasteiger charge is 2.09. The van der Waals surface area contributed by atoms with E-state index in [4.69, 9.17) is 21.1 Å². The van der Waals surface area contributed by atoms with E-state index in [1.165, 1.54) is 0 Å². The van der Waals surface area contributed by atoms with E-state index in [2.05, 4.69) is 25.3 Å². The lowest BCUT2D eigenvalue weighted by atomic mass is 10.2. The van der Waals surface area contributed by atoms with Gasteiger partial charge in [-0.25, -0.2) is 4.98 Å². The van der Waals surface area contributed by atoms with Gasteiger partial charge >= 0.3 is 0 Å².